The smallest absolute Gasteiger partial charge is 0.136 e. The fourth-order valence-corrected chi connectivity index (χ4v) is 2.50. The van der Waals surface area contributed by atoms with Crippen molar-refractivity contribution in [2.24, 2.45) is 0 Å². The van der Waals surface area contributed by atoms with E-state index in [2.05, 4.69) is 11.9 Å². The van der Waals surface area contributed by atoms with Crippen molar-refractivity contribution >= 4 is 11.6 Å². The van der Waals surface area contributed by atoms with Crippen LogP contribution in [-0.2, 0) is 0 Å². The van der Waals surface area contributed by atoms with Gasteiger partial charge in [-0.15, -0.1) is 0 Å². The van der Waals surface area contributed by atoms with Crippen LogP contribution in [0, 0.1) is 13.8 Å². The monoisotopic (exact) mass is 288 g/mol. The molecule has 1 aromatic heterocycles. The van der Waals surface area contributed by atoms with Crippen molar-refractivity contribution < 1.29 is 4.74 Å². The van der Waals surface area contributed by atoms with Crippen LogP contribution in [0.1, 0.15) is 35.7 Å². The first-order valence-electron chi connectivity index (χ1n) is 6.79. The van der Waals surface area contributed by atoms with Gasteiger partial charge in [-0.25, -0.2) is 9.97 Å². The molecule has 1 aliphatic carbocycles. The average Bonchev–Trinajstić information content (AvgIpc) is 3.26. The summed E-state index contributed by atoms with van der Waals surface area (Å²) in [5.74, 6) is 2.22. The molecule has 0 atom stereocenters. The third-order valence-corrected chi connectivity index (χ3v) is 4.10. The molecule has 4 heteroatoms. The van der Waals surface area contributed by atoms with Crippen LogP contribution in [0.15, 0.2) is 18.2 Å². The largest absolute Gasteiger partial charge is 0.497 e. The maximum atomic E-state index is 6.28. The van der Waals surface area contributed by atoms with E-state index in [1.807, 2.05) is 25.1 Å². The van der Waals surface area contributed by atoms with Gasteiger partial charge in [0.15, 0.2) is 0 Å². The number of aromatic nitrogens is 2. The van der Waals surface area contributed by atoms with Gasteiger partial charge in [0.25, 0.3) is 0 Å². The van der Waals surface area contributed by atoms with Gasteiger partial charge in [0, 0.05) is 17.0 Å². The summed E-state index contributed by atoms with van der Waals surface area (Å²) in [5.41, 5.74) is 4.09. The number of nitrogens with zero attached hydrogens (tertiary/aromatic N) is 2. The maximum Gasteiger partial charge on any atom is 0.136 e. The molecule has 1 heterocycles. The summed E-state index contributed by atoms with van der Waals surface area (Å²) in [6.07, 6.45) is 2.33. The van der Waals surface area contributed by atoms with E-state index in [4.69, 9.17) is 21.3 Å². The predicted octanol–water partition coefficient (Wildman–Crippen LogP) is 4.30. The van der Waals surface area contributed by atoms with E-state index in [1.54, 1.807) is 7.11 Å². The van der Waals surface area contributed by atoms with E-state index in [-0.39, 0.29) is 0 Å². The number of halogens is 1. The number of hydrogen-bond donors (Lipinski definition) is 0. The molecule has 0 N–H and O–H groups in total. The lowest BCUT2D eigenvalue weighted by atomic mass is 10.0. The van der Waals surface area contributed by atoms with Crippen molar-refractivity contribution in [3.05, 3.63) is 40.3 Å². The lowest BCUT2D eigenvalue weighted by molar-refractivity contribution is 0.414. The Morgan fingerprint density at radius 2 is 1.95 bits per heavy atom. The van der Waals surface area contributed by atoms with Crippen LogP contribution in [0.5, 0.6) is 5.75 Å². The summed E-state index contributed by atoms with van der Waals surface area (Å²) in [7, 11) is 1.67. The van der Waals surface area contributed by atoms with Gasteiger partial charge in [-0.1, -0.05) is 11.6 Å². The molecule has 0 bridgehead atoms. The standard InChI is InChI=1S/C16H17ClN2O/c1-9-8-12(20-3)6-7-13(9)14-10(2)15(17)19-16(18-14)11-4-5-11/h6-8,11H,4-5H2,1-3H3. The SMILES string of the molecule is COc1ccc(-c2nc(C3CC3)nc(Cl)c2C)c(C)c1. The molecule has 1 fully saturated rings. The lowest BCUT2D eigenvalue weighted by Gasteiger charge is -2.12. The zero-order chi connectivity index (χ0) is 14.3. The second kappa shape index (κ2) is 5.06. The third-order valence-electron chi connectivity index (χ3n) is 3.73. The molecule has 0 saturated heterocycles. The first kappa shape index (κ1) is 13.4. The van der Waals surface area contributed by atoms with Crippen molar-refractivity contribution in [1.82, 2.24) is 9.97 Å². The second-order valence-electron chi connectivity index (χ2n) is 5.30. The molecule has 0 spiro atoms. The summed E-state index contributed by atoms with van der Waals surface area (Å²) >= 11 is 6.28. The van der Waals surface area contributed by atoms with Crippen LogP contribution in [-0.4, -0.2) is 17.1 Å². The van der Waals surface area contributed by atoms with Crippen LogP contribution in [0.4, 0.5) is 0 Å². The van der Waals surface area contributed by atoms with E-state index in [0.29, 0.717) is 11.1 Å². The molecule has 0 aliphatic heterocycles. The van der Waals surface area contributed by atoms with E-state index < -0.39 is 0 Å². The minimum Gasteiger partial charge on any atom is -0.497 e. The molecular formula is C16H17ClN2O. The lowest BCUT2D eigenvalue weighted by Crippen LogP contribution is -2.00. The highest BCUT2D eigenvalue weighted by atomic mass is 35.5. The molecule has 1 saturated carbocycles. The van der Waals surface area contributed by atoms with Gasteiger partial charge < -0.3 is 4.74 Å². The number of aryl methyl sites for hydroxylation is 1. The Bertz CT molecular complexity index is 666. The molecule has 0 amide bonds. The summed E-state index contributed by atoms with van der Waals surface area (Å²) in [5, 5.41) is 0.562. The number of methoxy groups -OCH3 is 1. The van der Waals surface area contributed by atoms with E-state index in [1.165, 1.54) is 12.8 Å². The summed E-state index contributed by atoms with van der Waals surface area (Å²) in [6.45, 7) is 4.03. The minimum atomic E-state index is 0.491. The Morgan fingerprint density at radius 1 is 1.20 bits per heavy atom. The van der Waals surface area contributed by atoms with Crippen molar-refractivity contribution in [2.45, 2.75) is 32.6 Å². The fourth-order valence-electron chi connectivity index (χ4n) is 2.32. The fraction of sp³-hybridized carbons (Fsp3) is 0.375. The number of rotatable bonds is 3. The summed E-state index contributed by atoms with van der Waals surface area (Å²) in [4.78, 5) is 9.16. The molecule has 2 aromatic rings. The maximum absolute atomic E-state index is 6.28. The molecule has 104 valence electrons. The summed E-state index contributed by atoms with van der Waals surface area (Å²) < 4.78 is 5.25. The highest BCUT2D eigenvalue weighted by molar-refractivity contribution is 6.30. The van der Waals surface area contributed by atoms with Gasteiger partial charge in [0.05, 0.1) is 12.8 Å². The number of benzene rings is 1. The number of hydrogen-bond acceptors (Lipinski definition) is 3. The first-order valence-corrected chi connectivity index (χ1v) is 7.17. The van der Waals surface area contributed by atoms with Gasteiger partial charge in [-0.05, 0) is 50.5 Å². The molecule has 0 unspecified atom stereocenters. The first-order chi connectivity index (χ1) is 9.60. The van der Waals surface area contributed by atoms with Gasteiger partial charge in [-0.3, -0.25) is 0 Å². The Kier molecular flexibility index (Phi) is 3.38. The third kappa shape index (κ3) is 2.38. The zero-order valence-electron chi connectivity index (χ0n) is 11.9. The van der Waals surface area contributed by atoms with Gasteiger partial charge in [0.2, 0.25) is 0 Å². The van der Waals surface area contributed by atoms with Crippen molar-refractivity contribution in [2.75, 3.05) is 7.11 Å². The van der Waals surface area contributed by atoms with Crippen molar-refractivity contribution in [3.63, 3.8) is 0 Å². The van der Waals surface area contributed by atoms with Crippen LogP contribution >= 0.6 is 11.6 Å². The molecule has 1 aromatic carbocycles. The normalized spacial score (nSPS) is 14.4. The van der Waals surface area contributed by atoms with Gasteiger partial charge >= 0.3 is 0 Å². The topological polar surface area (TPSA) is 35.0 Å². The molecule has 20 heavy (non-hydrogen) atoms. The van der Waals surface area contributed by atoms with Crippen LogP contribution in [0.25, 0.3) is 11.3 Å². The quantitative estimate of drug-likeness (QED) is 0.790. The Balaban J connectivity index is 2.13. The molecule has 3 nitrogen and oxygen atoms in total. The Hall–Kier alpha value is -1.61. The molecular weight excluding hydrogens is 272 g/mol. The Labute approximate surface area is 124 Å². The van der Waals surface area contributed by atoms with Gasteiger partial charge in [-0.2, -0.15) is 0 Å². The highest BCUT2D eigenvalue weighted by Crippen LogP contribution is 2.40. The predicted molar refractivity (Wildman–Crippen MR) is 80.5 cm³/mol. The van der Waals surface area contributed by atoms with E-state index in [9.17, 15) is 0 Å². The van der Waals surface area contributed by atoms with Gasteiger partial charge in [0.1, 0.15) is 16.7 Å². The molecule has 0 radical (unpaired) electrons. The highest BCUT2D eigenvalue weighted by Gasteiger charge is 2.28. The van der Waals surface area contributed by atoms with Crippen molar-refractivity contribution in [1.29, 1.82) is 0 Å². The Morgan fingerprint density at radius 3 is 2.55 bits per heavy atom. The zero-order valence-corrected chi connectivity index (χ0v) is 12.7. The van der Waals surface area contributed by atoms with E-state index in [0.717, 1.165) is 34.0 Å². The van der Waals surface area contributed by atoms with Crippen LogP contribution < -0.4 is 4.74 Å². The number of ether oxygens (including phenoxy) is 1. The van der Waals surface area contributed by atoms with Crippen molar-refractivity contribution in [3.8, 4) is 17.0 Å². The summed E-state index contributed by atoms with van der Waals surface area (Å²) in [6, 6.07) is 6.01. The average molecular weight is 289 g/mol. The molecule has 1 aliphatic rings. The van der Waals surface area contributed by atoms with E-state index >= 15 is 0 Å². The van der Waals surface area contributed by atoms with Crippen LogP contribution in [0.2, 0.25) is 5.15 Å². The van der Waals surface area contributed by atoms with Crippen LogP contribution in [0.3, 0.4) is 0 Å². The minimum absolute atomic E-state index is 0.491. The second-order valence-corrected chi connectivity index (χ2v) is 5.66. The molecule has 3 rings (SSSR count).